The van der Waals surface area contributed by atoms with Gasteiger partial charge >= 0.3 is 32.2 Å². The van der Waals surface area contributed by atoms with Crippen molar-refractivity contribution in [3.05, 3.63) is 0 Å². The molecule has 28 heteroatoms. The summed E-state index contributed by atoms with van der Waals surface area (Å²) in [5, 5.41) is 12.1. The van der Waals surface area contributed by atoms with Gasteiger partial charge in [0.2, 0.25) is 0 Å². The van der Waals surface area contributed by atoms with Crippen LogP contribution in [0.1, 0.15) is 75.2 Å². The lowest BCUT2D eigenvalue weighted by molar-refractivity contribution is -0.435. The zero-order valence-corrected chi connectivity index (χ0v) is 39.2. The summed E-state index contributed by atoms with van der Waals surface area (Å²) in [5.41, 5.74) is 0. The molecule has 21 atom stereocenters. The van der Waals surface area contributed by atoms with Gasteiger partial charge in [-0.3, -0.25) is 17.8 Å². The third-order valence-electron chi connectivity index (χ3n) is 12.4. The predicted octanol–water partition coefficient (Wildman–Crippen LogP) is 3.22. The zero-order chi connectivity index (χ0) is 46.3. The Hall–Kier alpha value is -0.360. The van der Waals surface area contributed by atoms with E-state index in [2.05, 4.69) is 45.6 Å². The van der Waals surface area contributed by atoms with Crippen molar-refractivity contribution in [1.29, 1.82) is 0 Å². The topological polar surface area (TPSA) is 305 Å². The largest absolute Gasteiger partial charge is 0.397 e. The van der Waals surface area contributed by atoms with Crippen molar-refractivity contribution in [2.24, 2.45) is 35.5 Å². The van der Waals surface area contributed by atoms with Crippen LogP contribution in [0.15, 0.2) is 0 Å². The van der Waals surface area contributed by atoms with E-state index in [1.807, 2.05) is 20.8 Å². The summed E-state index contributed by atoms with van der Waals surface area (Å²) >= 11 is -2.94. The average Bonchev–Trinajstić information content (AvgIpc) is 3.19. The molecule has 4 N–H and O–H groups in total. The summed E-state index contributed by atoms with van der Waals surface area (Å²) in [6.45, 7) is 15.7. The minimum absolute atomic E-state index is 0.0671. The van der Waals surface area contributed by atoms with Crippen LogP contribution in [0.3, 0.4) is 0 Å². The van der Waals surface area contributed by atoms with E-state index in [9.17, 15) is 34.7 Å². The first kappa shape index (κ1) is 54.2. The van der Waals surface area contributed by atoms with Crippen LogP contribution in [-0.2, 0) is 101 Å². The van der Waals surface area contributed by atoms with Gasteiger partial charge in [-0.05, 0) is 37.5 Å². The lowest BCUT2D eigenvalue weighted by Crippen LogP contribution is -2.63. The number of ether oxygens (including phenoxy) is 8. The summed E-state index contributed by atoms with van der Waals surface area (Å²) in [5.74, 6) is -1.81. The highest BCUT2D eigenvalue weighted by atomic mass is 32.3. The Balaban J connectivity index is 1.62. The van der Waals surface area contributed by atoms with Gasteiger partial charge in [0.25, 0.3) is 0 Å². The Bertz CT molecular complexity index is 1610. The molecule has 0 bridgehead atoms. The SMILES string of the molecule is CCC1O[C@@H](O[C@@H]2C(CC)O[C@@H](C)C(C)[C@H]2C)C(C)[C@@H](C)[C@@H]1O[C@@H]1OC(COS(=O)(=O)O)[C@@H](O[C@H]2OC(COS(=O)(=O)O)[C@@H](OSOOO)C(C)C2OOS(=O)O)C(C)C1OC. The predicted molar refractivity (Wildman–Crippen MR) is 210 cm³/mol. The van der Waals surface area contributed by atoms with E-state index in [1.54, 1.807) is 6.92 Å². The van der Waals surface area contributed by atoms with Crippen LogP contribution in [0, 0.1) is 35.5 Å². The first-order chi connectivity index (χ1) is 29.0. The number of hydrogen-bond donors (Lipinski definition) is 4. The maximum absolute atomic E-state index is 11.9. The van der Waals surface area contributed by atoms with Crippen LogP contribution in [0.4, 0.5) is 0 Å². The highest BCUT2D eigenvalue weighted by Gasteiger charge is 2.54. The van der Waals surface area contributed by atoms with Crippen molar-refractivity contribution in [2.45, 2.75) is 161 Å². The van der Waals surface area contributed by atoms with Crippen LogP contribution in [0.2, 0.25) is 0 Å². The van der Waals surface area contributed by atoms with Gasteiger partial charge in [0, 0.05) is 24.9 Å². The Morgan fingerprint density at radius 1 is 0.597 bits per heavy atom. The third kappa shape index (κ3) is 14.3. The van der Waals surface area contributed by atoms with Crippen molar-refractivity contribution >= 4 is 44.5 Å². The van der Waals surface area contributed by atoms with Crippen molar-refractivity contribution in [2.75, 3.05) is 20.3 Å². The van der Waals surface area contributed by atoms with Crippen molar-refractivity contribution in [3.8, 4) is 0 Å². The molecule has 0 aliphatic carbocycles. The molecule has 24 nitrogen and oxygen atoms in total. The first-order valence-corrected chi connectivity index (χ1v) is 24.6. The molecule has 0 aromatic rings. The molecule has 0 aromatic heterocycles. The monoisotopic (exact) mass is 982 g/mol. The Morgan fingerprint density at radius 3 is 1.55 bits per heavy atom. The average molecular weight is 983 g/mol. The van der Waals surface area contributed by atoms with Gasteiger partial charge < -0.3 is 37.9 Å². The second-order valence-electron chi connectivity index (χ2n) is 16.0. The summed E-state index contributed by atoms with van der Waals surface area (Å²) in [6, 6.07) is 0. The van der Waals surface area contributed by atoms with Gasteiger partial charge in [-0.25, -0.2) is 18.5 Å². The number of methoxy groups -OCH3 is 1. The van der Waals surface area contributed by atoms with E-state index in [0.29, 0.717) is 6.42 Å². The van der Waals surface area contributed by atoms with Gasteiger partial charge in [0.05, 0.1) is 49.8 Å². The Morgan fingerprint density at radius 2 is 1.05 bits per heavy atom. The molecule has 0 saturated carbocycles. The highest BCUT2D eigenvalue weighted by molar-refractivity contribution is 7.89. The molecule has 0 aromatic carbocycles. The maximum atomic E-state index is 11.9. The van der Waals surface area contributed by atoms with E-state index in [-0.39, 0.29) is 54.3 Å². The first-order valence-electron chi connectivity index (χ1n) is 20.1. The highest BCUT2D eigenvalue weighted by Crippen LogP contribution is 2.43. The van der Waals surface area contributed by atoms with Crippen molar-refractivity contribution in [3.63, 3.8) is 0 Å². The minimum atomic E-state index is -5.06. The fraction of sp³-hybridized carbons (Fsp3) is 1.00. The van der Waals surface area contributed by atoms with Crippen LogP contribution in [-0.4, -0.2) is 146 Å². The van der Waals surface area contributed by atoms with Gasteiger partial charge in [0.15, 0.2) is 37.3 Å². The number of rotatable bonds is 22. The lowest BCUT2D eigenvalue weighted by Gasteiger charge is -2.51. The smallest absolute Gasteiger partial charge is 0.376 e. The zero-order valence-electron chi connectivity index (χ0n) is 36.0. The van der Waals surface area contributed by atoms with Crippen LogP contribution in [0.25, 0.3) is 0 Å². The molecule has 0 radical (unpaired) electrons. The lowest BCUT2D eigenvalue weighted by atomic mass is 9.80. The molecule has 4 heterocycles. The number of hydrogen-bond acceptors (Lipinski definition) is 22. The molecule has 4 fully saturated rings. The van der Waals surface area contributed by atoms with Gasteiger partial charge in [-0.2, -0.15) is 21.0 Å². The fourth-order valence-corrected chi connectivity index (χ4v) is 9.69. The molecule has 62 heavy (non-hydrogen) atoms. The van der Waals surface area contributed by atoms with Crippen molar-refractivity contribution < 1.29 is 109 Å². The van der Waals surface area contributed by atoms with Crippen LogP contribution < -0.4 is 0 Å². The van der Waals surface area contributed by atoms with E-state index >= 15 is 0 Å². The molecule has 0 spiro atoms. The second kappa shape index (κ2) is 24.1. The molecule has 4 aliphatic heterocycles. The molecule has 0 amide bonds. The van der Waals surface area contributed by atoms with Gasteiger partial charge in [0.1, 0.15) is 24.4 Å². The maximum Gasteiger partial charge on any atom is 0.397 e. The summed E-state index contributed by atoms with van der Waals surface area (Å²) in [4.78, 5) is 5.22. The summed E-state index contributed by atoms with van der Waals surface area (Å²) in [7, 11) is -8.72. The molecule has 4 aliphatic rings. The van der Waals surface area contributed by atoms with E-state index < -0.39 is 125 Å². The van der Waals surface area contributed by atoms with E-state index in [0.717, 1.165) is 6.42 Å². The Kier molecular flexibility index (Phi) is 21.1. The molecule has 11 unspecified atom stereocenters. The van der Waals surface area contributed by atoms with E-state index in [4.69, 9.17) is 56.4 Å². The minimum Gasteiger partial charge on any atom is -0.376 e. The quantitative estimate of drug-likeness (QED) is 0.0302. The summed E-state index contributed by atoms with van der Waals surface area (Å²) < 4.78 is 161. The molecular weight excluding hydrogens is 921 g/mol. The molecule has 4 saturated heterocycles. The van der Waals surface area contributed by atoms with Gasteiger partial charge in [-0.1, -0.05) is 60.4 Å². The fourth-order valence-electron chi connectivity index (χ4n) is 8.47. The van der Waals surface area contributed by atoms with Crippen molar-refractivity contribution in [1.82, 2.24) is 0 Å². The summed E-state index contributed by atoms with van der Waals surface area (Å²) in [6.07, 6.45) is -11.6. The third-order valence-corrected chi connectivity index (χ3v) is 13.9. The molecule has 366 valence electrons. The molecule has 4 rings (SSSR count). The van der Waals surface area contributed by atoms with Crippen LogP contribution in [0.5, 0.6) is 0 Å². The van der Waals surface area contributed by atoms with Crippen LogP contribution >= 0.6 is 12.3 Å². The molecular formula is C34H62O24S4. The van der Waals surface area contributed by atoms with Gasteiger partial charge in [-0.15, -0.1) is 8.67 Å². The normalized spacial score (nSPS) is 42.7. The van der Waals surface area contributed by atoms with E-state index in [1.165, 1.54) is 14.0 Å². The standard InChI is InChI=1S/C34H62O24S4/c1-11-22-26(16(4)15(3)21(9)47-22)51-32-18(6)17(5)27(23(12-2)48-32)52-33-30(44-10)19(7)28(24(49-33)13-45-61(38,39)40)53-34-31(54-58-60(36)37)20(8)29(55-59-57-56-35)25(50-34)14-46-62(41,42)43/h15-35H,11-14H2,1-10H3,(H,36,37)(H,38,39,40)(H,41,42,43)/t15?,16-,17-,18?,19?,20?,21+,22?,23?,24?,25?,26+,27+,28+,29+,30?,31?,32+,33+,34-/m1/s1. The second-order valence-corrected chi connectivity index (χ2v) is 19.2. The Labute approximate surface area is 369 Å².